The second kappa shape index (κ2) is 9.01. The molecule has 2 heteroatoms. The SMILES string of the molecule is CCCCCC(NC(CC)c1cccs1)c1ccccc1. The molecule has 0 fully saturated rings. The fraction of sp³-hybridized carbons (Fsp3) is 0.474. The van der Waals surface area contributed by atoms with Crippen LogP contribution in [0, 0.1) is 0 Å². The predicted molar refractivity (Wildman–Crippen MR) is 93.8 cm³/mol. The minimum absolute atomic E-state index is 0.463. The Hall–Kier alpha value is -1.12. The number of benzene rings is 1. The summed E-state index contributed by atoms with van der Waals surface area (Å²) in [7, 11) is 0. The van der Waals surface area contributed by atoms with E-state index in [1.54, 1.807) is 0 Å². The quantitative estimate of drug-likeness (QED) is 0.551. The van der Waals surface area contributed by atoms with Gasteiger partial charge in [-0.3, -0.25) is 0 Å². The van der Waals surface area contributed by atoms with Crippen molar-refractivity contribution in [1.29, 1.82) is 0 Å². The normalized spacial score (nSPS) is 14.0. The van der Waals surface area contributed by atoms with Gasteiger partial charge in [0.2, 0.25) is 0 Å². The molecule has 0 spiro atoms. The van der Waals surface area contributed by atoms with Gasteiger partial charge in [0.1, 0.15) is 0 Å². The first-order chi connectivity index (χ1) is 10.3. The summed E-state index contributed by atoms with van der Waals surface area (Å²) < 4.78 is 0. The maximum Gasteiger partial charge on any atom is 0.0417 e. The van der Waals surface area contributed by atoms with Crippen LogP contribution in [0.25, 0.3) is 0 Å². The molecule has 1 aromatic carbocycles. The van der Waals surface area contributed by atoms with Crippen molar-refractivity contribution >= 4 is 11.3 Å². The molecule has 21 heavy (non-hydrogen) atoms. The maximum atomic E-state index is 3.89. The molecule has 114 valence electrons. The van der Waals surface area contributed by atoms with Gasteiger partial charge in [0.25, 0.3) is 0 Å². The highest BCUT2D eigenvalue weighted by Gasteiger charge is 2.17. The van der Waals surface area contributed by atoms with Crippen LogP contribution in [0.1, 0.15) is 68.5 Å². The van der Waals surface area contributed by atoms with E-state index in [2.05, 4.69) is 67.0 Å². The monoisotopic (exact) mass is 301 g/mol. The zero-order valence-electron chi connectivity index (χ0n) is 13.2. The lowest BCUT2D eigenvalue weighted by Crippen LogP contribution is -2.25. The summed E-state index contributed by atoms with van der Waals surface area (Å²) >= 11 is 1.86. The Bertz CT molecular complexity index is 478. The number of hydrogen-bond donors (Lipinski definition) is 1. The van der Waals surface area contributed by atoms with E-state index in [4.69, 9.17) is 0 Å². The van der Waals surface area contributed by atoms with Crippen LogP contribution in [-0.2, 0) is 0 Å². The summed E-state index contributed by atoms with van der Waals surface area (Å²) in [6.07, 6.45) is 6.26. The second-order valence-electron chi connectivity index (χ2n) is 5.60. The summed E-state index contributed by atoms with van der Waals surface area (Å²) in [5.74, 6) is 0. The lowest BCUT2D eigenvalue weighted by atomic mass is 9.98. The third-order valence-electron chi connectivity index (χ3n) is 4.00. The van der Waals surface area contributed by atoms with Crippen LogP contribution in [0.3, 0.4) is 0 Å². The predicted octanol–water partition coefficient (Wildman–Crippen LogP) is 6.11. The maximum absolute atomic E-state index is 3.89. The minimum Gasteiger partial charge on any atom is -0.302 e. The molecule has 0 aliphatic carbocycles. The van der Waals surface area contributed by atoms with Gasteiger partial charge >= 0.3 is 0 Å². The van der Waals surface area contributed by atoms with Crippen molar-refractivity contribution < 1.29 is 0 Å². The molecule has 0 aliphatic heterocycles. The fourth-order valence-corrected chi connectivity index (χ4v) is 3.63. The number of unbranched alkanes of at least 4 members (excludes halogenated alkanes) is 2. The van der Waals surface area contributed by atoms with Crippen LogP contribution in [0.2, 0.25) is 0 Å². The smallest absolute Gasteiger partial charge is 0.0417 e. The number of hydrogen-bond acceptors (Lipinski definition) is 2. The van der Waals surface area contributed by atoms with E-state index in [1.807, 2.05) is 11.3 Å². The molecule has 2 aromatic rings. The van der Waals surface area contributed by atoms with Crippen molar-refractivity contribution in [2.45, 2.75) is 58.0 Å². The fourth-order valence-electron chi connectivity index (χ4n) is 2.76. The standard InChI is InChI=1S/C19H27NS/c1-3-5-7-13-18(16-11-8-6-9-12-16)20-17(4-2)19-14-10-15-21-19/h6,8-12,14-15,17-18,20H,3-5,7,13H2,1-2H3. The van der Waals surface area contributed by atoms with Crippen LogP contribution in [-0.4, -0.2) is 0 Å². The molecule has 0 bridgehead atoms. The lowest BCUT2D eigenvalue weighted by Gasteiger charge is -2.25. The Balaban J connectivity index is 2.07. The molecule has 0 aliphatic rings. The molecule has 1 N–H and O–H groups in total. The van der Waals surface area contributed by atoms with Gasteiger partial charge in [0.05, 0.1) is 0 Å². The summed E-state index contributed by atoms with van der Waals surface area (Å²) in [5, 5.41) is 6.07. The zero-order valence-corrected chi connectivity index (χ0v) is 14.0. The van der Waals surface area contributed by atoms with Crippen molar-refractivity contribution in [3.63, 3.8) is 0 Å². The van der Waals surface area contributed by atoms with Crippen molar-refractivity contribution in [1.82, 2.24) is 5.32 Å². The molecule has 0 radical (unpaired) electrons. The first-order valence-corrected chi connectivity index (χ1v) is 9.07. The summed E-state index contributed by atoms with van der Waals surface area (Å²) in [6.45, 7) is 4.54. The van der Waals surface area contributed by atoms with E-state index in [-0.39, 0.29) is 0 Å². The van der Waals surface area contributed by atoms with Gasteiger partial charge < -0.3 is 5.32 Å². The molecule has 1 heterocycles. The van der Waals surface area contributed by atoms with E-state index >= 15 is 0 Å². The number of nitrogens with one attached hydrogen (secondary N) is 1. The van der Waals surface area contributed by atoms with Crippen molar-refractivity contribution in [3.8, 4) is 0 Å². The molecule has 0 amide bonds. The van der Waals surface area contributed by atoms with Gasteiger partial charge in [0, 0.05) is 17.0 Å². The first-order valence-electron chi connectivity index (χ1n) is 8.19. The molecule has 0 saturated heterocycles. The highest BCUT2D eigenvalue weighted by atomic mass is 32.1. The summed E-state index contributed by atoms with van der Waals surface area (Å²) in [6, 6.07) is 16.2. The second-order valence-corrected chi connectivity index (χ2v) is 6.58. The summed E-state index contributed by atoms with van der Waals surface area (Å²) in [4.78, 5) is 1.45. The molecule has 2 atom stereocenters. The molecular weight excluding hydrogens is 274 g/mol. The Morgan fingerprint density at radius 1 is 0.952 bits per heavy atom. The Kier molecular flexibility index (Phi) is 6.98. The number of rotatable bonds is 9. The third-order valence-corrected chi connectivity index (χ3v) is 4.98. The van der Waals surface area contributed by atoms with Gasteiger partial charge in [-0.05, 0) is 29.9 Å². The minimum atomic E-state index is 0.463. The molecule has 2 rings (SSSR count). The largest absolute Gasteiger partial charge is 0.302 e. The van der Waals surface area contributed by atoms with Crippen LogP contribution < -0.4 is 5.32 Å². The first kappa shape index (κ1) is 16.3. The molecule has 1 nitrogen and oxygen atoms in total. The van der Waals surface area contributed by atoms with Gasteiger partial charge in [-0.1, -0.05) is 69.5 Å². The topological polar surface area (TPSA) is 12.0 Å². The van der Waals surface area contributed by atoms with E-state index in [1.165, 1.54) is 36.1 Å². The lowest BCUT2D eigenvalue weighted by molar-refractivity contribution is 0.407. The molecular formula is C19H27NS. The average molecular weight is 301 g/mol. The molecule has 1 aromatic heterocycles. The Labute approximate surface area is 133 Å². The van der Waals surface area contributed by atoms with Gasteiger partial charge in [0.15, 0.2) is 0 Å². The van der Waals surface area contributed by atoms with Crippen molar-refractivity contribution in [2.24, 2.45) is 0 Å². The summed E-state index contributed by atoms with van der Waals surface area (Å²) in [5.41, 5.74) is 1.42. The van der Waals surface area contributed by atoms with Crippen LogP contribution in [0.15, 0.2) is 47.8 Å². The highest BCUT2D eigenvalue weighted by molar-refractivity contribution is 7.10. The van der Waals surface area contributed by atoms with Crippen molar-refractivity contribution in [3.05, 3.63) is 58.3 Å². The highest BCUT2D eigenvalue weighted by Crippen LogP contribution is 2.28. The Morgan fingerprint density at radius 3 is 2.38 bits per heavy atom. The van der Waals surface area contributed by atoms with E-state index in [0.717, 1.165) is 6.42 Å². The van der Waals surface area contributed by atoms with Crippen LogP contribution >= 0.6 is 11.3 Å². The molecule has 2 unspecified atom stereocenters. The number of thiophene rings is 1. The van der Waals surface area contributed by atoms with Crippen LogP contribution in [0.5, 0.6) is 0 Å². The van der Waals surface area contributed by atoms with E-state index in [0.29, 0.717) is 12.1 Å². The molecule has 0 saturated carbocycles. The Morgan fingerprint density at radius 2 is 1.76 bits per heavy atom. The van der Waals surface area contributed by atoms with Gasteiger partial charge in [-0.15, -0.1) is 11.3 Å². The van der Waals surface area contributed by atoms with E-state index in [9.17, 15) is 0 Å². The average Bonchev–Trinajstić information content (AvgIpc) is 3.06. The van der Waals surface area contributed by atoms with E-state index < -0.39 is 0 Å². The van der Waals surface area contributed by atoms with Crippen molar-refractivity contribution in [2.75, 3.05) is 0 Å². The van der Waals surface area contributed by atoms with Gasteiger partial charge in [-0.25, -0.2) is 0 Å². The van der Waals surface area contributed by atoms with Gasteiger partial charge in [-0.2, -0.15) is 0 Å². The zero-order chi connectivity index (χ0) is 14.9. The third kappa shape index (κ3) is 4.98. The van der Waals surface area contributed by atoms with Crippen LogP contribution in [0.4, 0.5) is 0 Å².